The summed E-state index contributed by atoms with van der Waals surface area (Å²) < 4.78 is 5.10. The van der Waals surface area contributed by atoms with E-state index in [0.29, 0.717) is 29.2 Å². The zero-order chi connectivity index (χ0) is 14.8. The van der Waals surface area contributed by atoms with Crippen LogP contribution < -0.4 is 5.32 Å². The summed E-state index contributed by atoms with van der Waals surface area (Å²) in [5.74, 6) is 1.85. The molecule has 6 heteroatoms. The van der Waals surface area contributed by atoms with Crippen LogP contribution in [-0.2, 0) is 4.74 Å². The Morgan fingerprint density at radius 2 is 2.33 bits per heavy atom. The van der Waals surface area contributed by atoms with Crippen LogP contribution in [-0.4, -0.2) is 34.8 Å². The highest BCUT2D eigenvalue weighted by Crippen LogP contribution is 2.45. The van der Waals surface area contributed by atoms with E-state index in [-0.39, 0.29) is 5.97 Å². The number of fused-ring (bicyclic) bond motifs is 2. The van der Waals surface area contributed by atoms with E-state index in [1.165, 1.54) is 37.4 Å². The van der Waals surface area contributed by atoms with Crippen molar-refractivity contribution in [2.45, 2.75) is 43.8 Å². The molecule has 0 unspecified atom stereocenters. The molecule has 3 rings (SSSR count). The largest absolute Gasteiger partial charge is 0.462 e. The first kappa shape index (κ1) is 14.6. The maximum atomic E-state index is 12.0. The van der Waals surface area contributed by atoms with Crippen molar-refractivity contribution in [1.82, 2.24) is 9.97 Å². The van der Waals surface area contributed by atoms with Crippen molar-refractivity contribution in [2.24, 2.45) is 11.8 Å². The monoisotopic (exact) mass is 307 g/mol. The molecule has 0 spiro atoms. The summed E-state index contributed by atoms with van der Waals surface area (Å²) in [4.78, 5) is 20.7. The quantitative estimate of drug-likeness (QED) is 0.512. The number of ether oxygens (including phenoxy) is 1. The molecule has 0 radical (unpaired) electrons. The Hall–Kier alpha value is -1.30. The number of esters is 1. The predicted molar refractivity (Wildman–Crippen MR) is 82.6 cm³/mol. The lowest BCUT2D eigenvalue weighted by molar-refractivity contribution is 0.0526. The summed E-state index contributed by atoms with van der Waals surface area (Å²) in [6.45, 7) is 2.16. The van der Waals surface area contributed by atoms with Crippen LogP contribution in [0.5, 0.6) is 0 Å². The molecule has 1 aromatic heterocycles. The molecule has 1 heterocycles. The summed E-state index contributed by atoms with van der Waals surface area (Å²) >= 11 is 1.48. The number of carbonyl (C=O) groups is 1. The Labute approximate surface area is 129 Å². The third-order valence-electron chi connectivity index (χ3n) is 4.50. The van der Waals surface area contributed by atoms with Crippen LogP contribution in [0.4, 0.5) is 5.82 Å². The van der Waals surface area contributed by atoms with Gasteiger partial charge in [-0.25, -0.2) is 14.8 Å². The van der Waals surface area contributed by atoms with E-state index < -0.39 is 0 Å². The van der Waals surface area contributed by atoms with Gasteiger partial charge in [0.15, 0.2) is 5.16 Å². The van der Waals surface area contributed by atoms with E-state index in [4.69, 9.17) is 4.74 Å². The molecule has 2 bridgehead atoms. The second-order valence-electron chi connectivity index (χ2n) is 5.77. The molecule has 2 fully saturated rings. The van der Waals surface area contributed by atoms with Crippen LogP contribution in [0, 0.1) is 11.8 Å². The average molecular weight is 307 g/mol. The average Bonchev–Trinajstić information content (AvgIpc) is 3.10. The van der Waals surface area contributed by atoms with Gasteiger partial charge in [-0.3, -0.25) is 0 Å². The third-order valence-corrected chi connectivity index (χ3v) is 5.07. The maximum absolute atomic E-state index is 12.0. The minimum absolute atomic E-state index is 0.351. The summed E-state index contributed by atoms with van der Waals surface area (Å²) in [5.41, 5.74) is 0.442. The maximum Gasteiger partial charge on any atom is 0.343 e. The lowest BCUT2D eigenvalue weighted by atomic mass is 9.95. The minimum Gasteiger partial charge on any atom is -0.462 e. The van der Waals surface area contributed by atoms with Gasteiger partial charge in [0.05, 0.1) is 6.61 Å². The molecule has 21 heavy (non-hydrogen) atoms. The van der Waals surface area contributed by atoms with Gasteiger partial charge in [0, 0.05) is 12.2 Å². The SMILES string of the molecule is CCOC(=O)c1cnc(SC)nc1N[C@H]1C[C@H]2CC[C@@H]1C2. The van der Waals surface area contributed by atoms with Gasteiger partial charge in [0.2, 0.25) is 0 Å². The molecule has 114 valence electrons. The summed E-state index contributed by atoms with van der Waals surface area (Å²) in [6.07, 6.45) is 8.65. The Kier molecular flexibility index (Phi) is 4.33. The Bertz CT molecular complexity index is 538. The molecule has 1 N–H and O–H groups in total. The van der Waals surface area contributed by atoms with E-state index in [1.54, 1.807) is 13.1 Å². The molecule has 0 saturated heterocycles. The number of carbonyl (C=O) groups excluding carboxylic acids is 1. The number of aromatic nitrogens is 2. The van der Waals surface area contributed by atoms with Crippen molar-refractivity contribution in [3.8, 4) is 0 Å². The van der Waals surface area contributed by atoms with Crippen molar-refractivity contribution in [1.29, 1.82) is 0 Å². The normalized spacial score (nSPS) is 26.9. The number of hydrogen-bond donors (Lipinski definition) is 1. The van der Waals surface area contributed by atoms with Gasteiger partial charge in [-0.2, -0.15) is 0 Å². The molecule has 2 saturated carbocycles. The fourth-order valence-electron chi connectivity index (χ4n) is 3.53. The number of nitrogens with one attached hydrogen (secondary N) is 1. The van der Waals surface area contributed by atoms with Crippen LogP contribution in [0.25, 0.3) is 0 Å². The molecule has 3 atom stereocenters. The zero-order valence-corrected chi connectivity index (χ0v) is 13.3. The second kappa shape index (κ2) is 6.22. The van der Waals surface area contributed by atoms with Crippen LogP contribution in [0.1, 0.15) is 43.0 Å². The zero-order valence-electron chi connectivity index (χ0n) is 12.5. The van der Waals surface area contributed by atoms with E-state index in [1.807, 2.05) is 6.26 Å². The van der Waals surface area contributed by atoms with Gasteiger partial charge in [0.1, 0.15) is 11.4 Å². The molecule has 0 aromatic carbocycles. The Balaban J connectivity index is 1.82. The Morgan fingerprint density at radius 1 is 1.48 bits per heavy atom. The van der Waals surface area contributed by atoms with Crippen molar-refractivity contribution >= 4 is 23.5 Å². The first-order valence-electron chi connectivity index (χ1n) is 7.56. The summed E-state index contributed by atoms with van der Waals surface area (Å²) in [7, 11) is 0. The topological polar surface area (TPSA) is 64.1 Å². The lowest BCUT2D eigenvalue weighted by Crippen LogP contribution is -2.28. The highest BCUT2D eigenvalue weighted by Gasteiger charge is 2.40. The van der Waals surface area contributed by atoms with Crippen LogP contribution in [0.3, 0.4) is 0 Å². The van der Waals surface area contributed by atoms with Crippen molar-refractivity contribution in [3.05, 3.63) is 11.8 Å². The standard InChI is InChI=1S/C15H21N3O2S/c1-3-20-14(19)11-8-16-15(21-2)18-13(11)17-12-7-9-4-5-10(12)6-9/h8-10,12H,3-7H2,1-2H3,(H,16,17,18)/t9-,10+,12-/m0/s1. The van der Waals surface area contributed by atoms with Gasteiger partial charge in [0.25, 0.3) is 0 Å². The number of hydrogen-bond acceptors (Lipinski definition) is 6. The second-order valence-corrected chi connectivity index (χ2v) is 6.54. The Morgan fingerprint density at radius 3 is 2.95 bits per heavy atom. The van der Waals surface area contributed by atoms with Crippen LogP contribution in [0.2, 0.25) is 0 Å². The van der Waals surface area contributed by atoms with Crippen molar-refractivity contribution < 1.29 is 9.53 Å². The van der Waals surface area contributed by atoms with Crippen molar-refractivity contribution in [2.75, 3.05) is 18.2 Å². The van der Waals surface area contributed by atoms with Crippen LogP contribution in [0.15, 0.2) is 11.4 Å². The van der Waals surface area contributed by atoms with E-state index in [0.717, 1.165) is 11.8 Å². The summed E-state index contributed by atoms with van der Waals surface area (Å²) in [5, 5.41) is 4.16. The molecule has 0 amide bonds. The summed E-state index contributed by atoms with van der Waals surface area (Å²) in [6, 6.07) is 0.432. The van der Waals surface area contributed by atoms with E-state index in [9.17, 15) is 4.79 Å². The first-order chi connectivity index (χ1) is 10.2. The van der Waals surface area contributed by atoms with Gasteiger partial charge in [-0.15, -0.1) is 0 Å². The minimum atomic E-state index is -0.351. The molecule has 0 aliphatic heterocycles. The van der Waals surface area contributed by atoms with Crippen LogP contribution >= 0.6 is 11.8 Å². The molecule has 2 aliphatic carbocycles. The fourth-order valence-corrected chi connectivity index (χ4v) is 3.87. The smallest absolute Gasteiger partial charge is 0.343 e. The highest BCUT2D eigenvalue weighted by molar-refractivity contribution is 7.98. The number of anilines is 1. The number of rotatable bonds is 5. The van der Waals surface area contributed by atoms with Gasteiger partial charge >= 0.3 is 5.97 Å². The molecular weight excluding hydrogens is 286 g/mol. The van der Waals surface area contributed by atoms with E-state index in [2.05, 4.69) is 15.3 Å². The van der Waals surface area contributed by atoms with Crippen molar-refractivity contribution in [3.63, 3.8) is 0 Å². The van der Waals surface area contributed by atoms with Gasteiger partial charge in [-0.1, -0.05) is 18.2 Å². The number of thioether (sulfide) groups is 1. The van der Waals surface area contributed by atoms with Gasteiger partial charge in [-0.05, 0) is 44.3 Å². The molecule has 2 aliphatic rings. The number of nitrogens with zero attached hydrogens (tertiary/aromatic N) is 2. The van der Waals surface area contributed by atoms with E-state index >= 15 is 0 Å². The predicted octanol–water partition coefficient (Wildman–Crippen LogP) is 2.98. The highest BCUT2D eigenvalue weighted by atomic mass is 32.2. The first-order valence-corrected chi connectivity index (χ1v) is 8.78. The molecular formula is C15H21N3O2S. The molecule has 1 aromatic rings. The van der Waals surface area contributed by atoms with Gasteiger partial charge < -0.3 is 10.1 Å². The third kappa shape index (κ3) is 3.00. The lowest BCUT2D eigenvalue weighted by Gasteiger charge is -2.24. The molecule has 5 nitrogen and oxygen atoms in total. The fraction of sp³-hybridized carbons (Fsp3) is 0.667.